The van der Waals surface area contributed by atoms with Crippen molar-refractivity contribution in [3.63, 3.8) is 0 Å². The fourth-order valence-corrected chi connectivity index (χ4v) is 2.23. The van der Waals surface area contributed by atoms with E-state index in [0.717, 1.165) is 29.1 Å². The molecule has 1 N–H and O–H groups in total. The zero-order valence-electron chi connectivity index (χ0n) is 14.0. The molecule has 0 unspecified atom stereocenters. The zero-order chi connectivity index (χ0) is 16.7. The maximum Gasteiger partial charge on any atom is 0.258 e. The van der Waals surface area contributed by atoms with Gasteiger partial charge < -0.3 is 15.0 Å². The van der Waals surface area contributed by atoms with Crippen LogP contribution in [0.1, 0.15) is 11.1 Å². The summed E-state index contributed by atoms with van der Waals surface area (Å²) in [5, 5.41) is 2.88. The minimum Gasteiger partial charge on any atom is -0.483 e. The average Bonchev–Trinajstić information content (AvgIpc) is 2.56. The summed E-state index contributed by atoms with van der Waals surface area (Å²) in [5.74, 6) is 0.661. The summed E-state index contributed by atoms with van der Waals surface area (Å²) in [7, 11) is 2.01. The van der Waals surface area contributed by atoms with Crippen molar-refractivity contribution in [3.05, 3.63) is 59.7 Å². The number of anilines is 1. The van der Waals surface area contributed by atoms with E-state index in [1.165, 1.54) is 0 Å². The van der Waals surface area contributed by atoms with E-state index in [1.807, 2.05) is 69.4 Å². The summed E-state index contributed by atoms with van der Waals surface area (Å²) in [6, 6.07) is 16.1. The molecule has 0 aromatic heterocycles. The Kier molecular flexibility index (Phi) is 6.03. The molecule has 0 saturated carbocycles. The highest BCUT2D eigenvalue weighted by Gasteiger charge is 2.06. The van der Waals surface area contributed by atoms with Gasteiger partial charge in [-0.1, -0.05) is 30.3 Å². The van der Waals surface area contributed by atoms with Crippen molar-refractivity contribution >= 4 is 11.6 Å². The Hall–Kier alpha value is -2.49. The van der Waals surface area contributed by atoms with E-state index in [4.69, 9.17) is 4.74 Å². The second kappa shape index (κ2) is 8.22. The number of likely N-dealkylation sites (N-methyl/N-ethyl adjacent to an activating group) is 1. The number of ether oxygens (including phenoxy) is 1. The molecule has 0 heterocycles. The first-order chi connectivity index (χ1) is 11.1. The fraction of sp³-hybridized carbons (Fsp3) is 0.316. The van der Waals surface area contributed by atoms with Crippen LogP contribution in [0.2, 0.25) is 0 Å². The third kappa shape index (κ3) is 5.33. The Bertz CT molecular complexity index is 641. The lowest BCUT2D eigenvalue weighted by Crippen LogP contribution is -2.35. The summed E-state index contributed by atoms with van der Waals surface area (Å²) in [4.78, 5) is 14.0. The lowest BCUT2D eigenvalue weighted by atomic mass is 10.1. The number of hydrogen-bond donors (Lipinski definition) is 1. The second-order valence-electron chi connectivity index (χ2n) is 5.66. The Labute approximate surface area is 138 Å². The van der Waals surface area contributed by atoms with Crippen LogP contribution < -0.4 is 15.0 Å². The number of nitrogens with one attached hydrogen (secondary N) is 1. The normalized spacial score (nSPS) is 10.2. The van der Waals surface area contributed by atoms with Crippen molar-refractivity contribution in [3.8, 4) is 5.75 Å². The molecule has 122 valence electrons. The van der Waals surface area contributed by atoms with Gasteiger partial charge in [-0.3, -0.25) is 4.79 Å². The van der Waals surface area contributed by atoms with E-state index in [1.54, 1.807) is 0 Å². The fourth-order valence-electron chi connectivity index (χ4n) is 2.23. The molecule has 0 fully saturated rings. The maximum atomic E-state index is 11.9. The molecule has 2 rings (SSSR count). The van der Waals surface area contributed by atoms with Crippen molar-refractivity contribution in [2.75, 3.05) is 31.6 Å². The Morgan fingerprint density at radius 3 is 2.61 bits per heavy atom. The van der Waals surface area contributed by atoms with Gasteiger partial charge in [-0.05, 0) is 43.2 Å². The highest BCUT2D eigenvalue weighted by atomic mass is 16.5. The van der Waals surface area contributed by atoms with Crippen LogP contribution in [0.5, 0.6) is 5.75 Å². The van der Waals surface area contributed by atoms with E-state index >= 15 is 0 Å². The average molecular weight is 312 g/mol. The molecule has 0 saturated heterocycles. The first-order valence-corrected chi connectivity index (χ1v) is 7.79. The smallest absolute Gasteiger partial charge is 0.258 e. The number of amides is 1. The van der Waals surface area contributed by atoms with Crippen LogP contribution in [0.3, 0.4) is 0 Å². The van der Waals surface area contributed by atoms with Gasteiger partial charge in [0.05, 0.1) is 0 Å². The van der Waals surface area contributed by atoms with E-state index in [2.05, 4.69) is 10.2 Å². The molecule has 1 amide bonds. The number of benzene rings is 2. The number of carbonyl (C=O) groups is 1. The van der Waals surface area contributed by atoms with Gasteiger partial charge in [-0.25, -0.2) is 0 Å². The van der Waals surface area contributed by atoms with Crippen molar-refractivity contribution in [1.29, 1.82) is 0 Å². The molecule has 4 nitrogen and oxygen atoms in total. The lowest BCUT2D eigenvalue weighted by molar-refractivity contribution is -0.123. The standard InChI is InChI=1S/C19H24N2O2/c1-15-9-10-16(2)18(13-15)23-14-19(22)20-11-12-21(3)17-7-5-4-6-8-17/h4-10,13H,11-12,14H2,1-3H3,(H,20,22). The number of para-hydroxylation sites is 1. The minimum absolute atomic E-state index is 0.0410. The first kappa shape index (κ1) is 16.9. The highest BCUT2D eigenvalue weighted by molar-refractivity contribution is 5.77. The quantitative estimate of drug-likeness (QED) is 0.854. The predicted octanol–water partition coefficient (Wildman–Crippen LogP) is 2.93. The van der Waals surface area contributed by atoms with E-state index in [-0.39, 0.29) is 12.5 Å². The molecule has 0 aliphatic carbocycles. The van der Waals surface area contributed by atoms with Crippen LogP contribution in [0, 0.1) is 13.8 Å². The van der Waals surface area contributed by atoms with Crippen LogP contribution in [0.4, 0.5) is 5.69 Å². The lowest BCUT2D eigenvalue weighted by Gasteiger charge is -2.19. The summed E-state index contributed by atoms with van der Waals surface area (Å²) >= 11 is 0. The van der Waals surface area contributed by atoms with Crippen LogP contribution in [0.25, 0.3) is 0 Å². The third-order valence-corrected chi connectivity index (χ3v) is 3.67. The number of hydrogen-bond acceptors (Lipinski definition) is 3. The molecule has 0 spiro atoms. The monoisotopic (exact) mass is 312 g/mol. The van der Waals surface area contributed by atoms with Gasteiger partial charge in [0.2, 0.25) is 0 Å². The van der Waals surface area contributed by atoms with Crippen molar-refractivity contribution in [2.24, 2.45) is 0 Å². The number of rotatable bonds is 7. The highest BCUT2D eigenvalue weighted by Crippen LogP contribution is 2.18. The van der Waals surface area contributed by atoms with Gasteiger partial charge in [0.1, 0.15) is 5.75 Å². The van der Waals surface area contributed by atoms with Crippen LogP contribution >= 0.6 is 0 Å². The molecule has 0 bridgehead atoms. The van der Waals surface area contributed by atoms with Gasteiger partial charge in [-0.15, -0.1) is 0 Å². The Morgan fingerprint density at radius 2 is 1.87 bits per heavy atom. The number of carbonyl (C=O) groups excluding carboxylic acids is 1. The molecular weight excluding hydrogens is 288 g/mol. The molecular formula is C19H24N2O2. The van der Waals surface area contributed by atoms with Crippen LogP contribution in [-0.4, -0.2) is 32.7 Å². The molecule has 2 aromatic rings. The summed E-state index contributed by atoms with van der Waals surface area (Å²) in [6.07, 6.45) is 0. The largest absolute Gasteiger partial charge is 0.483 e. The van der Waals surface area contributed by atoms with Gasteiger partial charge >= 0.3 is 0 Å². The summed E-state index contributed by atoms with van der Waals surface area (Å²) < 4.78 is 5.60. The van der Waals surface area contributed by atoms with Crippen molar-refractivity contribution < 1.29 is 9.53 Å². The van der Waals surface area contributed by atoms with Gasteiger partial charge in [0.15, 0.2) is 6.61 Å². The Morgan fingerprint density at radius 1 is 1.13 bits per heavy atom. The van der Waals surface area contributed by atoms with Crippen molar-refractivity contribution in [1.82, 2.24) is 5.32 Å². The molecule has 0 aliphatic rings. The van der Waals surface area contributed by atoms with Gasteiger partial charge in [0.25, 0.3) is 5.91 Å². The number of nitrogens with zero attached hydrogens (tertiary/aromatic N) is 1. The molecule has 23 heavy (non-hydrogen) atoms. The first-order valence-electron chi connectivity index (χ1n) is 7.79. The molecule has 4 heteroatoms. The van der Waals surface area contributed by atoms with Crippen LogP contribution in [0.15, 0.2) is 48.5 Å². The molecule has 0 aliphatic heterocycles. The van der Waals surface area contributed by atoms with Crippen LogP contribution in [-0.2, 0) is 4.79 Å². The van der Waals surface area contributed by atoms with Crippen molar-refractivity contribution in [2.45, 2.75) is 13.8 Å². The molecule has 2 aromatic carbocycles. The minimum atomic E-state index is -0.104. The number of aryl methyl sites for hydroxylation is 2. The molecule has 0 atom stereocenters. The SMILES string of the molecule is Cc1ccc(C)c(OCC(=O)NCCN(C)c2ccccc2)c1. The van der Waals surface area contributed by atoms with E-state index in [9.17, 15) is 4.79 Å². The summed E-state index contributed by atoms with van der Waals surface area (Å²) in [6.45, 7) is 5.35. The van der Waals surface area contributed by atoms with E-state index in [0.29, 0.717) is 6.54 Å². The predicted molar refractivity (Wildman–Crippen MR) is 94.1 cm³/mol. The van der Waals surface area contributed by atoms with Gasteiger partial charge in [-0.2, -0.15) is 0 Å². The molecule has 0 radical (unpaired) electrons. The zero-order valence-corrected chi connectivity index (χ0v) is 14.0. The third-order valence-electron chi connectivity index (χ3n) is 3.67. The van der Waals surface area contributed by atoms with E-state index < -0.39 is 0 Å². The van der Waals surface area contributed by atoms with Gasteiger partial charge in [0, 0.05) is 25.8 Å². The Balaban J connectivity index is 1.72. The topological polar surface area (TPSA) is 41.6 Å². The summed E-state index contributed by atoms with van der Waals surface area (Å²) in [5.41, 5.74) is 3.29. The maximum absolute atomic E-state index is 11.9. The second-order valence-corrected chi connectivity index (χ2v) is 5.66.